The molecule has 34 heavy (non-hydrogen) atoms. The molecule has 2 amide bonds. The normalized spacial score (nSPS) is 22.3. The summed E-state index contributed by atoms with van der Waals surface area (Å²) in [5.41, 5.74) is 1.38. The summed E-state index contributed by atoms with van der Waals surface area (Å²) in [6, 6.07) is 4.91. The van der Waals surface area contributed by atoms with Crippen molar-refractivity contribution in [1.82, 2.24) is 14.1 Å². The van der Waals surface area contributed by atoms with Gasteiger partial charge in [0.1, 0.15) is 6.04 Å². The van der Waals surface area contributed by atoms with E-state index in [-0.39, 0.29) is 16.7 Å². The highest BCUT2D eigenvalue weighted by molar-refractivity contribution is 7.89. The number of anilines is 1. The average Bonchev–Trinajstić information content (AvgIpc) is 3.24. The van der Waals surface area contributed by atoms with Crippen molar-refractivity contribution in [2.75, 3.05) is 44.2 Å². The standard InChI is InChI=1S/C25H38N4O4S/c1-4-28(5-2)34(32,33)22-11-12-23-20(17-22)18-24(29(23)19(3)30)25(31)27-15-13-26(14-16-27)21-9-7-6-8-10-21/h11-12,17,21,24H,4-10,13-16,18H2,1-3H3. The fourth-order valence-electron chi connectivity index (χ4n) is 5.85. The number of hydrogen-bond acceptors (Lipinski definition) is 5. The molecule has 2 heterocycles. The monoisotopic (exact) mass is 490 g/mol. The largest absolute Gasteiger partial charge is 0.338 e. The minimum Gasteiger partial charge on any atom is -0.338 e. The number of sulfonamides is 1. The van der Waals surface area contributed by atoms with E-state index in [1.54, 1.807) is 23.1 Å². The molecular formula is C25H38N4O4S. The zero-order valence-corrected chi connectivity index (χ0v) is 21.5. The molecule has 1 unspecified atom stereocenters. The molecule has 0 bridgehead atoms. The Morgan fingerprint density at radius 3 is 2.24 bits per heavy atom. The second-order valence-electron chi connectivity index (χ2n) is 9.64. The highest BCUT2D eigenvalue weighted by Crippen LogP contribution is 2.36. The molecule has 8 nitrogen and oxygen atoms in total. The molecule has 0 spiro atoms. The number of nitrogens with zero attached hydrogens (tertiary/aromatic N) is 4. The van der Waals surface area contributed by atoms with E-state index in [9.17, 15) is 18.0 Å². The molecule has 1 saturated heterocycles. The molecular weight excluding hydrogens is 452 g/mol. The Morgan fingerprint density at radius 2 is 1.65 bits per heavy atom. The zero-order valence-electron chi connectivity index (χ0n) is 20.7. The fourth-order valence-corrected chi connectivity index (χ4v) is 7.36. The quantitative estimate of drug-likeness (QED) is 0.612. The third-order valence-corrected chi connectivity index (χ3v) is 9.77. The van der Waals surface area contributed by atoms with Crippen LogP contribution in [-0.4, -0.2) is 85.7 Å². The molecule has 1 aromatic carbocycles. The average molecular weight is 491 g/mol. The molecule has 1 aliphatic carbocycles. The maximum atomic E-state index is 13.5. The molecule has 9 heteroatoms. The van der Waals surface area contributed by atoms with Crippen LogP contribution in [0.25, 0.3) is 0 Å². The predicted molar refractivity (Wildman–Crippen MR) is 132 cm³/mol. The Bertz CT molecular complexity index is 1010. The smallest absolute Gasteiger partial charge is 0.246 e. The van der Waals surface area contributed by atoms with Crippen molar-refractivity contribution in [3.8, 4) is 0 Å². The van der Waals surface area contributed by atoms with Crippen molar-refractivity contribution in [2.45, 2.75) is 76.3 Å². The van der Waals surface area contributed by atoms with Gasteiger partial charge in [0.25, 0.3) is 0 Å². The van der Waals surface area contributed by atoms with Gasteiger partial charge in [0.05, 0.1) is 4.90 Å². The molecule has 0 aromatic heterocycles. The maximum Gasteiger partial charge on any atom is 0.246 e. The van der Waals surface area contributed by atoms with Crippen LogP contribution in [0.1, 0.15) is 58.4 Å². The Kier molecular flexibility index (Phi) is 7.64. The van der Waals surface area contributed by atoms with Gasteiger partial charge in [0.15, 0.2) is 0 Å². The fraction of sp³-hybridized carbons (Fsp3) is 0.680. The second-order valence-corrected chi connectivity index (χ2v) is 11.6. The van der Waals surface area contributed by atoms with Crippen molar-refractivity contribution in [3.05, 3.63) is 23.8 Å². The van der Waals surface area contributed by atoms with Gasteiger partial charge in [-0.2, -0.15) is 4.31 Å². The van der Waals surface area contributed by atoms with Gasteiger partial charge in [0.2, 0.25) is 21.8 Å². The van der Waals surface area contributed by atoms with Gasteiger partial charge in [0, 0.05) is 64.3 Å². The van der Waals surface area contributed by atoms with Gasteiger partial charge in [-0.05, 0) is 36.6 Å². The van der Waals surface area contributed by atoms with Crippen LogP contribution >= 0.6 is 0 Å². The third kappa shape index (κ3) is 4.75. The van der Waals surface area contributed by atoms with E-state index in [4.69, 9.17) is 0 Å². The Hall–Kier alpha value is -1.97. The molecule has 1 aromatic rings. The predicted octanol–water partition coefficient (Wildman–Crippen LogP) is 2.47. The van der Waals surface area contributed by atoms with Crippen LogP contribution in [0.3, 0.4) is 0 Å². The number of rotatable bonds is 6. The highest BCUT2D eigenvalue weighted by Gasteiger charge is 2.40. The van der Waals surface area contributed by atoms with E-state index in [1.165, 1.54) is 43.3 Å². The van der Waals surface area contributed by atoms with Gasteiger partial charge in [-0.1, -0.05) is 33.1 Å². The van der Waals surface area contributed by atoms with Crippen molar-refractivity contribution in [2.24, 2.45) is 0 Å². The first-order chi connectivity index (χ1) is 16.3. The van der Waals surface area contributed by atoms with E-state index in [1.807, 2.05) is 18.7 Å². The molecule has 0 radical (unpaired) electrons. The van der Waals surface area contributed by atoms with Gasteiger partial charge in [-0.15, -0.1) is 0 Å². The number of carbonyl (C=O) groups excluding carboxylic acids is 2. The summed E-state index contributed by atoms with van der Waals surface area (Å²) in [7, 11) is -3.61. The van der Waals surface area contributed by atoms with Crippen LogP contribution in [0.5, 0.6) is 0 Å². The summed E-state index contributed by atoms with van der Waals surface area (Å²) >= 11 is 0. The first-order valence-electron chi connectivity index (χ1n) is 12.7. The first kappa shape index (κ1) is 25.1. The van der Waals surface area contributed by atoms with E-state index < -0.39 is 16.1 Å². The number of fused-ring (bicyclic) bond motifs is 1. The highest BCUT2D eigenvalue weighted by atomic mass is 32.2. The molecule has 4 rings (SSSR count). The number of amides is 2. The van der Waals surface area contributed by atoms with Gasteiger partial charge in [-0.3, -0.25) is 19.4 Å². The number of piperazine rings is 1. The number of carbonyl (C=O) groups is 2. The van der Waals surface area contributed by atoms with Crippen molar-refractivity contribution >= 4 is 27.5 Å². The molecule has 1 atom stereocenters. The summed E-state index contributed by atoms with van der Waals surface area (Å²) in [5.74, 6) is -0.236. The van der Waals surface area contributed by atoms with Crippen molar-refractivity contribution in [1.29, 1.82) is 0 Å². The van der Waals surface area contributed by atoms with Crippen LogP contribution < -0.4 is 4.90 Å². The molecule has 1 saturated carbocycles. The summed E-state index contributed by atoms with van der Waals surface area (Å²) in [5, 5.41) is 0. The van der Waals surface area contributed by atoms with Crippen LogP contribution in [-0.2, 0) is 26.0 Å². The molecule has 2 fully saturated rings. The topological polar surface area (TPSA) is 81.2 Å². The van der Waals surface area contributed by atoms with E-state index in [2.05, 4.69) is 4.90 Å². The maximum absolute atomic E-state index is 13.5. The van der Waals surface area contributed by atoms with E-state index in [0.717, 1.165) is 18.7 Å². The minimum absolute atomic E-state index is 0.0390. The summed E-state index contributed by atoms with van der Waals surface area (Å²) in [6.45, 7) is 8.99. The van der Waals surface area contributed by atoms with E-state index >= 15 is 0 Å². The minimum atomic E-state index is -3.61. The SMILES string of the molecule is CCN(CC)S(=O)(=O)c1ccc2c(c1)CC(C(=O)N1CCN(C3CCCCC3)CC1)N2C(C)=O. The lowest BCUT2D eigenvalue weighted by molar-refractivity contribution is -0.136. The Labute approximate surface area is 203 Å². The van der Waals surface area contributed by atoms with Gasteiger partial charge in [-0.25, -0.2) is 8.42 Å². The molecule has 3 aliphatic rings. The van der Waals surface area contributed by atoms with Gasteiger partial charge < -0.3 is 4.90 Å². The summed E-state index contributed by atoms with van der Waals surface area (Å²) in [6.07, 6.45) is 6.77. The van der Waals surface area contributed by atoms with Crippen LogP contribution in [0.2, 0.25) is 0 Å². The van der Waals surface area contributed by atoms with Crippen molar-refractivity contribution in [3.63, 3.8) is 0 Å². The molecule has 188 valence electrons. The Morgan fingerprint density at radius 1 is 1.00 bits per heavy atom. The van der Waals surface area contributed by atoms with Gasteiger partial charge >= 0.3 is 0 Å². The van der Waals surface area contributed by atoms with Crippen LogP contribution in [0.4, 0.5) is 5.69 Å². The first-order valence-corrected chi connectivity index (χ1v) is 14.2. The molecule has 0 N–H and O–H groups in total. The third-order valence-electron chi connectivity index (χ3n) is 7.72. The number of benzene rings is 1. The number of hydrogen-bond donors (Lipinski definition) is 0. The summed E-state index contributed by atoms with van der Waals surface area (Å²) < 4.78 is 27.4. The van der Waals surface area contributed by atoms with Crippen LogP contribution in [0, 0.1) is 0 Å². The lowest BCUT2D eigenvalue weighted by Gasteiger charge is -2.41. The van der Waals surface area contributed by atoms with Crippen molar-refractivity contribution < 1.29 is 18.0 Å². The molecule has 2 aliphatic heterocycles. The second kappa shape index (κ2) is 10.3. The zero-order chi connectivity index (χ0) is 24.5. The van der Waals surface area contributed by atoms with E-state index in [0.29, 0.717) is 44.3 Å². The van der Waals surface area contributed by atoms with Crippen LogP contribution in [0.15, 0.2) is 23.1 Å². The lowest BCUT2D eigenvalue weighted by Crippen LogP contribution is -2.56. The lowest BCUT2D eigenvalue weighted by atomic mass is 9.94. The summed E-state index contributed by atoms with van der Waals surface area (Å²) in [4.78, 5) is 32.3. The Balaban J connectivity index is 1.50.